The van der Waals surface area contributed by atoms with Crippen molar-refractivity contribution in [3.8, 4) is 17.3 Å². The summed E-state index contributed by atoms with van der Waals surface area (Å²) in [6, 6.07) is 7.86. The number of rotatable bonds is 6. The topological polar surface area (TPSA) is 166 Å². The van der Waals surface area contributed by atoms with Crippen molar-refractivity contribution in [3.63, 3.8) is 0 Å². The number of hydrogen-bond donors (Lipinski definition) is 3. The first-order valence-electron chi connectivity index (χ1n) is 9.93. The van der Waals surface area contributed by atoms with Crippen molar-refractivity contribution < 1.29 is 22.4 Å². The number of ether oxygens (including phenoxy) is 1. The summed E-state index contributed by atoms with van der Waals surface area (Å²) in [6.45, 7) is -0.207. The van der Waals surface area contributed by atoms with Crippen LogP contribution in [0.25, 0.3) is 33.3 Å². The van der Waals surface area contributed by atoms with Crippen molar-refractivity contribution in [2.75, 3.05) is 6.61 Å². The summed E-state index contributed by atoms with van der Waals surface area (Å²) in [5.41, 5.74) is 1.78. The molecule has 0 spiro atoms. The average molecular weight is 456 g/mol. The molecular weight excluding hydrogens is 436 g/mol. The summed E-state index contributed by atoms with van der Waals surface area (Å²) in [4.78, 5) is 20.6. The van der Waals surface area contributed by atoms with E-state index in [4.69, 9.17) is 9.88 Å². The summed E-state index contributed by atoms with van der Waals surface area (Å²) in [5.74, 6) is 0.461. The summed E-state index contributed by atoms with van der Waals surface area (Å²) < 4.78 is 32.7. The van der Waals surface area contributed by atoms with E-state index < -0.39 is 22.3 Å². The quantitative estimate of drug-likeness (QED) is 0.387. The van der Waals surface area contributed by atoms with Gasteiger partial charge in [-0.1, -0.05) is 24.3 Å². The van der Waals surface area contributed by atoms with Crippen LogP contribution in [0.2, 0.25) is 0 Å². The molecule has 12 heteroatoms. The predicted octanol–water partition coefficient (Wildman–Crippen LogP) is 1.31. The zero-order valence-corrected chi connectivity index (χ0v) is 17.6. The first-order valence-corrected chi connectivity index (χ1v) is 11.4. The lowest BCUT2D eigenvalue weighted by molar-refractivity contribution is 0.0986. The van der Waals surface area contributed by atoms with Crippen molar-refractivity contribution in [1.29, 1.82) is 0 Å². The Labute approximate surface area is 182 Å². The summed E-state index contributed by atoms with van der Waals surface area (Å²) in [5, 5.41) is 17.1. The van der Waals surface area contributed by atoms with Gasteiger partial charge < -0.3 is 14.8 Å². The van der Waals surface area contributed by atoms with Crippen LogP contribution >= 0.6 is 0 Å². The molecule has 0 radical (unpaired) electrons. The van der Waals surface area contributed by atoms with Crippen molar-refractivity contribution in [2.45, 2.75) is 25.0 Å². The summed E-state index contributed by atoms with van der Waals surface area (Å²) in [7, 11) is -4.07. The Morgan fingerprint density at radius 2 is 2.03 bits per heavy atom. The summed E-state index contributed by atoms with van der Waals surface area (Å²) in [6.07, 6.45) is 4.40. The number of aromatic amines is 1. The minimum absolute atomic E-state index is 0.207. The fraction of sp³-hybridized carbons (Fsp3) is 0.300. The SMILES string of the molecule is NS(=O)(=O)OC[C@@H]1C[C@@H](Oc2ncnc3nc(-c4cncc5ccccc45)[nH]c23)C[C@@H]1O. The Hall–Kier alpha value is -3.19. The van der Waals surface area contributed by atoms with Crippen LogP contribution in [0, 0.1) is 5.92 Å². The number of nitrogens with zero attached hydrogens (tertiary/aromatic N) is 4. The molecule has 1 aliphatic carbocycles. The molecule has 0 amide bonds. The van der Waals surface area contributed by atoms with Gasteiger partial charge in [0.2, 0.25) is 5.88 Å². The molecule has 166 valence electrons. The number of benzene rings is 1. The highest BCUT2D eigenvalue weighted by molar-refractivity contribution is 7.84. The van der Waals surface area contributed by atoms with Gasteiger partial charge >= 0.3 is 10.3 Å². The Balaban J connectivity index is 1.41. The second-order valence-corrected chi connectivity index (χ2v) is 8.91. The maximum Gasteiger partial charge on any atom is 0.333 e. The van der Waals surface area contributed by atoms with Crippen LogP contribution in [-0.4, -0.2) is 57.3 Å². The van der Waals surface area contributed by atoms with E-state index in [2.05, 4.69) is 29.1 Å². The Morgan fingerprint density at radius 3 is 2.88 bits per heavy atom. The second-order valence-electron chi connectivity index (χ2n) is 7.69. The third-order valence-electron chi connectivity index (χ3n) is 5.52. The van der Waals surface area contributed by atoms with Gasteiger partial charge in [-0.05, 0) is 11.8 Å². The van der Waals surface area contributed by atoms with Crippen LogP contribution < -0.4 is 9.88 Å². The fourth-order valence-electron chi connectivity index (χ4n) is 4.00. The number of nitrogens with one attached hydrogen (secondary N) is 1. The zero-order chi connectivity index (χ0) is 22.3. The first kappa shape index (κ1) is 20.7. The zero-order valence-electron chi connectivity index (χ0n) is 16.7. The number of imidazole rings is 1. The Bertz CT molecular complexity index is 1390. The lowest BCUT2D eigenvalue weighted by Gasteiger charge is -2.13. The highest BCUT2D eigenvalue weighted by atomic mass is 32.2. The largest absolute Gasteiger partial charge is 0.473 e. The van der Waals surface area contributed by atoms with Gasteiger partial charge in [0.15, 0.2) is 5.65 Å². The molecular formula is C20H20N6O5S. The van der Waals surface area contributed by atoms with Gasteiger partial charge in [-0.2, -0.15) is 13.4 Å². The molecule has 0 aliphatic heterocycles. The minimum Gasteiger partial charge on any atom is -0.473 e. The molecule has 11 nitrogen and oxygen atoms in total. The molecule has 1 saturated carbocycles. The lowest BCUT2D eigenvalue weighted by Crippen LogP contribution is -2.24. The molecule has 0 bridgehead atoms. The molecule has 4 N–H and O–H groups in total. The molecule has 0 saturated heterocycles. The number of aliphatic hydroxyl groups excluding tert-OH is 1. The highest BCUT2D eigenvalue weighted by Crippen LogP contribution is 2.33. The number of H-pyrrole nitrogens is 1. The van der Waals surface area contributed by atoms with Crippen LogP contribution in [0.1, 0.15) is 12.8 Å². The van der Waals surface area contributed by atoms with E-state index in [-0.39, 0.29) is 12.7 Å². The number of pyridine rings is 1. The van der Waals surface area contributed by atoms with E-state index >= 15 is 0 Å². The van der Waals surface area contributed by atoms with Crippen molar-refractivity contribution >= 4 is 32.2 Å². The highest BCUT2D eigenvalue weighted by Gasteiger charge is 2.36. The van der Waals surface area contributed by atoms with E-state index in [1.807, 2.05) is 24.3 Å². The fourth-order valence-corrected chi connectivity index (χ4v) is 4.36. The lowest BCUT2D eigenvalue weighted by atomic mass is 10.1. The van der Waals surface area contributed by atoms with E-state index in [1.54, 1.807) is 12.4 Å². The molecule has 3 aromatic heterocycles. The number of aliphatic hydroxyl groups is 1. The van der Waals surface area contributed by atoms with Gasteiger partial charge in [-0.25, -0.2) is 15.1 Å². The molecule has 0 unspecified atom stereocenters. The Kier molecular flexibility index (Phi) is 5.21. The molecule has 1 aliphatic rings. The minimum atomic E-state index is -4.07. The molecule has 4 aromatic rings. The van der Waals surface area contributed by atoms with E-state index in [0.29, 0.717) is 35.7 Å². The molecule has 3 atom stereocenters. The molecule has 5 rings (SSSR count). The van der Waals surface area contributed by atoms with Crippen molar-refractivity contribution in [3.05, 3.63) is 43.0 Å². The van der Waals surface area contributed by atoms with Crippen LogP contribution in [0.15, 0.2) is 43.0 Å². The van der Waals surface area contributed by atoms with Gasteiger partial charge in [0, 0.05) is 35.7 Å². The van der Waals surface area contributed by atoms with Crippen LogP contribution in [-0.2, 0) is 14.5 Å². The number of aromatic nitrogens is 5. The van der Waals surface area contributed by atoms with Crippen molar-refractivity contribution in [2.24, 2.45) is 11.1 Å². The van der Waals surface area contributed by atoms with E-state index in [0.717, 1.165) is 16.3 Å². The number of hydrogen-bond acceptors (Lipinski definition) is 9. The Morgan fingerprint density at radius 1 is 1.19 bits per heavy atom. The third-order valence-corrected chi connectivity index (χ3v) is 5.98. The normalized spacial score (nSPS) is 21.4. The predicted molar refractivity (Wildman–Crippen MR) is 115 cm³/mol. The number of nitrogens with two attached hydrogens (primary N) is 1. The van der Waals surface area contributed by atoms with Gasteiger partial charge in [0.25, 0.3) is 0 Å². The van der Waals surface area contributed by atoms with Gasteiger partial charge in [0.05, 0.1) is 12.7 Å². The maximum atomic E-state index is 11.0. The van der Waals surface area contributed by atoms with Gasteiger partial charge in [-0.15, -0.1) is 0 Å². The van der Waals surface area contributed by atoms with Crippen LogP contribution in [0.5, 0.6) is 5.88 Å². The van der Waals surface area contributed by atoms with Crippen LogP contribution in [0.4, 0.5) is 0 Å². The van der Waals surface area contributed by atoms with Crippen molar-refractivity contribution in [1.82, 2.24) is 24.9 Å². The third kappa shape index (κ3) is 4.12. The summed E-state index contributed by atoms with van der Waals surface area (Å²) >= 11 is 0. The van der Waals surface area contributed by atoms with Gasteiger partial charge in [0.1, 0.15) is 23.8 Å². The smallest absolute Gasteiger partial charge is 0.333 e. The monoisotopic (exact) mass is 456 g/mol. The molecule has 3 heterocycles. The molecule has 32 heavy (non-hydrogen) atoms. The second kappa shape index (κ2) is 8.06. The maximum absolute atomic E-state index is 11.0. The number of fused-ring (bicyclic) bond motifs is 2. The first-order chi connectivity index (χ1) is 15.4. The van der Waals surface area contributed by atoms with Crippen LogP contribution in [0.3, 0.4) is 0 Å². The van der Waals surface area contributed by atoms with E-state index in [9.17, 15) is 13.5 Å². The molecule has 1 aromatic carbocycles. The van der Waals surface area contributed by atoms with E-state index in [1.165, 1.54) is 6.33 Å². The van der Waals surface area contributed by atoms with Gasteiger partial charge in [-0.3, -0.25) is 9.17 Å². The standard InChI is InChI=1S/C20H20N6O5S/c21-32(28,29)30-9-12-5-13(6-16(12)27)31-20-17-19(23-10-24-20)26-18(25-17)15-8-22-7-11-3-1-2-4-14(11)15/h1-4,7-8,10,12-13,16,27H,5-6,9H2,(H2,21,28,29)(H,23,24,25,26)/t12-,13+,16-/m0/s1. The molecule has 1 fully saturated rings. The average Bonchev–Trinajstić information content (AvgIpc) is 3.35.